The standard InChI is InChI=1S/C14H20ClNO2/c1-3-17-14-7-5-11(15)8-13(14)16-9-12-6-4-10(2)18-12/h5,7-8,10,12,16H,3-4,6,9H2,1-2H3. The second-order valence-electron chi connectivity index (χ2n) is 4.60. The third kappa shape index (κ3) is 3.53. The van der Waals surface area contributed by atoms with E-state index in [9.17, 15) is 0 Å². The summed E-state index contributed by atoms with van der Waals surface area (Å²) in [5.41, 5.74) is 0.938. The van der Waals surface area contributed by atoms with Gasteiger partial charge in [0.2, 0.25) is 0 Å². The second kappa shape index (κ2) is 6.30. The molecule has 100 valence electrons. The Morgan fingerprint density at radius 3 is 2.94 bits per heavy atom. The molecule has 1 aromatic carbocycles. The molecule has 1 aliphatic heterocycles. The fraction of sp³-hybridized carbons (Fsp3) is 0.571. The molecule has 1 aromatic rings. The van der Waals surface area contributed by atoms with Crippen molar-refractivity contribution in [3.8, 4) is 5.75 Å². The number of anilines is 1. The summed E-state index contributed by atoms with van der Waals surface area (Å²) in [6.07, 6.45) is 2.91. The summed E-state index contributed by atoms with van der Waals surface area (Å²) in [5.74, 6) is 0.841. The van der Waals surface area contributed by atoms with Crippen LogP contribution in [-0.2, 0) is 4.74 Å². The maximum atomic E-state index is 6.01. The van der Waals surface area contributed by atoms with E-state index < -0.39 is 0 Å². The summed E-state index contributed by atoms with van der Waals surface area (Å²) in [7, 11) is 0. The van der Waals surface area contributed by atoms with E-state index in [2.05, 4.69) is 12.2 Å². The molecule has 0 radical (unpaired) electrons. The van der Waals surface area contributed by atoms with E-state index in [0.717, 1.165) is 30.8 Å². The van der Waals surface area contributed by atoms with Gasteiger partial charge in [0.15, 0.2) is 0 Å². The third-order valence-electron chi connectivity index (χ3n) is 3.08. The molecule has 0 spiro atoms. The fourth-order valence-corrected chi connectivity index (χ4v) is 2.35. The van der Waals surface area contributed by atoms with E-state index in [4.69, 9.17) is 21.1 Å². The summed E-state index contributed by atoms with van der Waals surface area (Å²) in [4.78, 5) is 0. The highest BCUT2D eigenvalue weighted by molar-refractivity contribution is 6.30. The summed E-state index contributed by atoms with van der Waals surface area (Å²) in [6, 6.07) is 5.63. The molecule has 0 bridgehead atoms. The first-order chi connectivity index (χ1) is 8.69. The Hall–Kier alpha value is -0.930. The molecule has 1 saturated heterocycles. The summed E-state index contributed by atoms with van der Waals surface area (Å²) >= 11 is 6.01. The van der Waals surface area contributed by atoms with Gasteiger partial charge in [-0.15, -0.1) is 0 Å². The lowest BCUT2D eigenvalue weighted by Crippen LogP contribution is -2.20. The minimum atomic E-state index is 0.286. The molecule has 2 rings (SSSR count). The zero-order valence-corrected chi connectivity index (χ0v) is 11.7. The van der Waals surface area contributed by atoms with E-state index >= 15 is 0 Å². The minimum absolute atomic E-state index is 0.286. The Morgan fingerprint density at radius 2 is 2.28 bits per heavy atom. The number of nitrogens with one attached hydrogen (secondary N) is 1. The van der Waals surface area contributed by atoms with Gasteiger partial charge < -0.3 is 14.8 Å². The molecule has 1 N–H and O–H groups in total. The zero-order chi connectivity index (χ0) is 13.0. The molecule has 1 fully saturated rings. The van der Waals surface area contributed by atoms with Crippen LogP contribution in [0.2, 0.25) is 5.02 Å². The van der Waals surface area contributed by atoms with Crippen LogP contribution in [0.1, 0.15) is 26.7 Å². The highest BCUT2D eigenvalue weighted by Gasteiger charge is 2.21. The van der Waals surface area contributed by atoms with Crippen LogP contribution < -0.4 is 10.1 Å². The molecule has 3 nitrogen and oxygen atoms in total. The van der Waals surface area contributed by atoms with Crippen molar-refractivity contribution in [1.82, 2.24) is 0 Å². The van der Waals surface area contributed by atoms with Crippen molar-refractivity contribution < 1.29 is 9.47 Å². The van der Waals surface area contributed by atoms with Crippen LogP contribution in [0.25, 0.3) is 0 Å². The Balaban J connectivity index is 1.96. The van der Waals surface area contributed by atoms with Gasteiger partial charge in [-0.2, -0.15) is 0 Å². The van der Waals surface area contributed by atoms with E-state index in [1.54, 1.807) is 0 Å². The predicted molar refractivity (Wildman–Crippen MR) is 74.7 cm³/mol. The molecule has 18 heavy (non-hydrogen) atoms. The third-order valence-corrected chi connectivity index (χ3v) is 3.32. The van der Waals surface area contributed by atoms with Crippen LogP contribution in [0.3, 0.4) is 0 Å². The van der Waals surface area contributed by atoms with Crippen molar-refractivity contribution >= 4 is 17.3 Å². The molecule has 1 aliphatic rings. The SMILES string of the molecule is CCOc1ccc(Cl)cc1NCC1CCC(C)O1. The van der Waals surface area contributed by atoms with E-state index in [1.807, 2.05) is 25.1 Å². The van der Waals surface area contributed by atoms with Gasteiger partial charge in [-0.05, 0) is 44.9 Å². The molecular formula is C14H20ClNO2. The second-order valence-corrected chi connectivity index (χ2v) is 5.04. The summed E-state index contributed by atoms with van der Waals surface area (Å²) in [5, 5.41) is 4.08. The Bertz CT molecular complexity index is 397. The van der Waals surface area contributed by atoms with Crippen molar-refractivity contribution in [3.05, 3.63) is 23.2 Å². The van der Waals surface area contributed by atoms with Gasteiger partial charge >= 0.3 is 0 Å². The number of benzene rings is 1. The van der Waals surface area contributed by atoms with Crippen molar-refractivity contribution in [3.63, 3.8) is 0 Å². The minimum Gasteiger partial charge on any atom is -0.492 e. The summed E-state index contributed by atoms with van der Waals surface area (Å²) < 4.78 is 11.3. The predicted octanol–water partition coefficient (Wildman–Crippen LogP) is 3.72. The number of halogens is 1. The monoisotopic (exact) mass is 269 g/mol. The fourth-order valence-electron chi connectivity index (χ4n) is 2.18. The largest absolute Gasteiger partial charge is 0.492 e. The van der Waals surface area contributed by atoms with Gasteiger partial charge in [0, 0.05) is 11.6 Å². The van der Waals surface area contributed by atoms with Gasteiger partial charge in [0.25, 0.3) is 0 Å². The lowest BCUT2D eigenvalue weighted by Gasteiger charge is -2.16. The number of hydrogen-bond acceptors (Lipinski definition) is 3. The van der Waals surface area contributed by atoms with Crippen molar-refractivity contribution in [2.45, 2.75) is 38.9 Å². The Morgan fingerprint density at radius 1 is 1.44 bits per heavy atom. The summed E-state index contributed by atoms with van der Waals surface area (Å²) in [6.45, 7) is 5.53. The molecular weight excluding hydrogens is 250 g/mol. The maximum absolute atomic E-state index is 6.01. The molecule has 0 aromatic heterocycles. The first-order valence-corrected chi connectivity index (χ1v) is 6.88. The number of ether oxygens (including phenoxy) is 2. The van der Waals surface area contributed by atoms with E-state index in [0.29, 0.717) is 17.7 Å². The van der Waals surface area contributed by atoms with Crippen LogP contribution in [0.15, 0.2) is 18.2 Å². The lowest BCUT2D eigenvalue weighted by atomic mass is 10.2. The maximum Gasteiger partial charge on any atom is 0.142 e. The normalized spacial score (nSPS) is 23.1. The molecule has 1 heterocycles. The first-order valence-electron chi connectivity index (χ1n) is 6.50. The van der Waals surface area contributed by atoms with Crippen molar-refractivity contribution in [2.24, 2.45) is 0 Å². The highest BCUT2D eigenvalue weighted by atomic mass is 35.5. The number of hydrogen-bond donors (Lipinski definition) is 1. The molecule has 4 heteroatoms. The average molecular weight is 270 g/mol. The first kappa shape index (κ1) is 13.5. The van der Waals surface area contributed by atoms with Gasteiger partial charge in [0.05, 0.1) is 24.5 Å². The van der Waals surface area contributed by atoms with Crippen LogP contribution in [0.5, 0.6) is 5.75 Å². The average Bonchev–Trinajstić information content (AvgIpc) is 2.76. The van der Waals surface area contributed by atoms with Crippen LogP contribution >= 0.6 is 11.6 Å². The molecule has 2 atom stereocenters. The highest BCUT2D eigenvalue weighted by Crippen LogP contribution is 2.29. The van der Waals surface area contributed by atoms with Gasteiger partial charge in [-0.3, -0.25) is 0 Å². The van der Waals surface area contributed by atoms with Gasteiger partial charge in [0.1, 0.15) is 5.75 Å². The molecule has 0 saturated carbocycles. The van der Waals surface area contributed by atoms with Gasteiger partial charge in [-0.1, -0.05) is 11.6 Å². The van der Waals surface area contributed by atoms with E-state index in [1.165, 1.54) is 0 Å². The lowest BCUT2D eigenvalue weighted by molar-refractivity contribution is 0.0636. The Labute approximate surface area is 113 Å². The van der Waals surface area contributed by atoms with Crippen LogP contribution in [-0.4, -0.2) is 25.4 Å². The van der Waals surface area contributed by atoms with Crippen LogP contribution in [0, 0.1) is 0 Å². The van der Waals surface area contributed by atoms with E-state index in [-0.39, 0.29) is 6.10 Å². The quantitative estimate of drug-likeness (QED) is 0.884. The topological polar surface area (TPSA) is 30.5 Å². The van der Waals surface area contributed by atoms with Crippen molar-refractivity contribution in [1.29, 1.82) is 0 Å². The van der Waals surface area contributed by atoms with Crippen LogP contribution in [0.4, 0.5) is 5.69 Å². The Kier molecular flexibility index (Phi) is 4.72. The smallest absolute Gasteiger partial charge is 0.142 e. The molecule has 0 aliphatic carbocycles. The number of rotatable bonds is 5. The zero-order valence-electron chi connectivity index (χ0n) is 10.9. The van der Waals surface area contributed by atoms with Crippen molar-refractivity contribution in [2.75, 3.05) is 18.5 Å². The molecule has 0 amide bonds. The van der Waals surface area contributed by atoms with Gasteiger partial charge in [-0.25, -0.2) is 0 Å². The molecule has 2 unspecified atom stereocenters.